The highest BCUT2D eigenvalue weighted by Crippen LogP contribution is 2.43. The highest BCUT2D eigenvalue weighted by atomic mass is 16.6. The van der Waals surface area contributed by atoms with Gasteiger partial charge in [-0.2, -0.15) is 10.2 Å². The Balaban J connectivity index is 1.50. The van der Waals surface area contributed by atoms with Crippen LogP contribution < -0.4 is 10.1 Å². The second-order valence-corrected chi connectivity index (χ2v) is 9.14. The van der Waals surface area contributed by atoms with Crippen LogP contribution in [0.1, 0.15) is 56.4 Å². The van der Waals surface area contributed by atoms with Crippen LogP contribution in [0.4, 0.5) is 10.5 Å². The largest absolute Gasteiger partial charge is 0.485 e. The third-order valence-electron chi connectivity index (χ3n) is 6.21. The van der Waals surface area contributed by atoms with Gasteiger partial charge in [0.05, 0.1) is 22.9 Å². The number of carbonyl (C=O) groups is 1. The lowest BCUT2D eigenvalue weighted by Crippen LogP contribution is -2.18. The molecule has 36 heavy (non-hydrogen) atoms. The number of ether oxygens (including phenoxy) is 2. The van der Waals surface area contributed by atoms with Crippen molar-refractivity contribution in [2.75, 3.05) is 5.32 Å². The lowest BCUT2D eigenvalue weighted by molar-refractivity contribution is 0.130. The predicted molar refractivity (Wildman–Crippen MR) is 134 cm³/mol. The number of aryl methyl sites for hydroxylation is 1. The minimum absolute atomic E-state index is 0.175. The molecule has 4 aromatic rings. The van der Waals surface area contributed by atoms with E-state index in [1.54, 1.807) is 20.8 Å². The average molecular weight is 486 g/mol. The lowest BCUT2D eigenvalue weighted by atomic mass is 9.92. The first-order chi connectivity index (χ1) is 17.4. The van der Waals surface area contributed by atoms with Gasteiger partial charge in [0.25, 0.3) is 0 Å². The van der Waals surface area contributed by atoms with Crippen molar-refractivity contribution in [2.45, 2.75) is 58.8 Å². The number of carbonyl (C=O) groups excluding carboxylic acids is 1. The number of anilines is 1. The quantitative estimate of drug-likeness (QED) is 0.335. The number of nitriles is 1. The zero-order valence-corrected chi connectivity index (χ0v) is 20.4. The van der Waals surface area contributed by atoms with E-state index in [1.807, 2.05) is 42.5 Å². The molecule has 184 valence electrons. The molecule has 1 fully saturated rings. The van der Waals surface area contributed by atoms with Crippen LogP contribution >= 0.6 is 0 Å². The Hall–Kier alpha value is -4.32. The number of aromatic nitrogens is 3. The lowest BCUT2D eigenvalue weighted by Gasteiger charge is -2.30. The second-order valence-electron chi connectivity index (χ2n) is 9.14. The normalized spacial score (nSPS) is 13.4. The van der Waals surface area contributed by atoms with Crippen molar-refractivity contribution in [1.29, 1.82) is 5.26 Å². The molecule has 5 rings (SSSR count). The van der Waals surface area contributed by atoms with E-state index in [9.17, 15) is 10.1 Å². The molecule has 2 heterocycles. The molecule has 1 saturated carbocycles. The van der Waals surface area contributed by atoms with E-state index in [0.717, 1.165) is 41.4 Å². The molecular formula is C27H27N5O4. The van der Waals surface area contributed by atoms with Crippen molar-refractivity contribution in [1.82, 2.24) is 14.7 Å². The SMILES string of the molecule is Cc1nc(COc2ccc3c(c2)c(C#N)c(-c2ccc(NC(=O)OC(C)C)cc2)n3C2CCC2)no1. The van der Waals surface area contributed by atoms with Gasteiger partial charge in [-0.25, -0.2) is 4.79 Å². The van der Waals surface area contributed by atoms with Crippen LogP contribution in [0, 0.1) is 18.3 Å². The van der Waals surface area contributed by atoms with E-state index in [0.29, 0.717) is 34.8 Å². The van der Waals surface area contributed by atoms with Gasteiger partial charge in [-0.1, -0.05) is 17.3 Å². The summed E-state index contributed by atoms with van der Waals surface area (Å²) in [5.74, 6) is 1.57. The number of nitrogens with zero attached hydrogens (tertiary/aromatic N) is 4. The molecule has 0 aliphatic heterocycles. The zero-order chi connectivity index (χ0) is 25.2. The van der Waals surface area contributed by atoms with Gasteiger partial charge in [-0.05, 0) is 69.0 Å². The third-order valence-corrected chi connectivity index (χ3v) is 6.21. The molecule has 9 nitrogen and oxygen atoms in total. The fourth-order valence-corrected chi connectivity index (χ4v) is 4.43. The molecule has 0 spiro atoms. The van der Waals surface area contributed by atoms with Gasteiger partial charge in [0.2, 0.25) is 11.7 Å². The van der Waals surface area contributed by atoms with Gasteiger partial charge in [-0.3, -0.25) is 5.32 Å². The highest BCUT2D eigenvalue weighted by Gasteiger charge is 2.28. The smallest absolute Gasteiger partial charge is 0.411 e. The van der Waals surface area contributed by atoms with Crippen LogP contribution in [0.2, 0.25) is 0 Å². The minimum atomic E-state index is -0.498. The molecule has 1 N–H and O–H groups in total. The summed E-state index contributed by atoms with van der Waals surface area (Å²) in [6.07, 6.45) is 2.60. The topological polar surface area (TPSA) is 115 Å². The molecule has 0 bridgehead atoms. The summed E-state index contributed by atoms with van der Waals surface area (Å²) < 4.78 is 18.3. The number of rotatable bonds is 7. The number of hydrogen-bond acceptors (Lipinski definition) is 7. The van der Waals surface area contributed by atoms with E-state index in [1.165, 1.54) is 0 Å². The molecule has 0 saturated heterocycles. The maximum absolute atomic E-state index is 12.0. The zero-order valence-electron chi connectivity index (χ0n) is 20.4. The summed E-state index contributed by atoms with van der Waals surface area (Å²) in [5.41, 5.74) is 4.00. The summed E-state index contributed by atoms with van der Waals surface area (Å²) in [7, 11) is 0. The minimum Gasteiger partial charge on any atom is -0.485 e. The van der Waals surface area contributed by atoms with Gasteiger partial charge in [0, 0.05) is 24.0 Å². The van der Waals surface area contributed by atoms with E-state index in [2.05, 4.69) is 26.1 Å². The van der Waals surface area contributed by atoms with Gasteiger partial charge in [0.1, 0.15) is 11.8 Å². The first kappa shape index (κ1) is 23.4. The highest BCUT2D eigenvalue weighted by molar-refractivity contribution is 5.96. The first-order valence-electron chi connectivity index (χ1n) is 12.0. The fourth-order valence-electron chi connectivity index (χ4n) is 4.43. The molecule has 0 atom stereocenters. The maximum Gasteiger partial charge on any atom is 0.411 e. The van der Waals surface area contributed by atoms with Crippen molar-refractivity contribution in [3.63, 3.8) is 0 Å². The average Bonchev–Trinajstić information content (AvgIpc) is 3.37. The Bertz CT molecular complexity index is 1440. The molecule has 0 unspecified atom stereocenters. The van der Waals surface area contributed by atoms with Crippen molar-refractivity contribution >= 4 is 22.7 Å². The summed E-state index contributed by atoms with van der Waals surface area (Å²) in [5, 5.41) is 17.7. The number of hydrogen-bond donors (Lipinski definition) is 1. The first-order valence-corrected chi connectivity index (χ1v) is 12.0. The van der Waals surface area contributed by atoms with Gasteiger partial charge >= 0.3 is 6.09 Å². The predicted octanol–water partition coefficient (Wildman–Crippen LogP) is 6.13. The Morgan fingerprint density at radius 2 is 2.03 bits per heavy atom. The maximum atomic E-state index is 12.0. The van der Waals surface area contributed by atoms with Crippen LogP contribution in [0.15, 0.2) is 47.0 Å². The van der Waals surface area contributed by atoms with Gasteiger partial charge in [-0.15, -0.1) is 0 Å². The second kappa shape index (κ2) is 9.74. The van der Waals surface area contributed by atoms with Crippen molar-refractivity contribution in [2.24, 2.45) is 0 Å². The summed E-state index contributed by atoms with van der Waals surface area (Å²) in [6.45, 7) is 5.50. The molecule has 2 aromatic carbocycles. The van der Waals surface area contributed by atoms with Crippen LogP contribution in [0.25, 0.3) is 22.2 Å². The summed E-state index contributed by atoms with van der Waals surface area (Å²) in [4.78, 5) is 16.1. The summed E-state index contributed by atoms with van der Waals surface area (Å²) >= 11 is 0. The van der Waals surface area contributed by atoms with E-state index < -0.39 is 6.09 Å². The molecule has 0 radical (unpaired) electrons. The Kier molecular flexibility index (Phi) is 6.34. The van der Waals surface area contributed by atoms with E-state index in [-0.39, 0.29) is 12.7 Å². The Morgan fingerprint density at radius 1 is 1.25 bits per heavy atom. The Labute approximate surface area is 208 Å². The molecule has 1 amide bonds. The number of amides is 1. The van der Waals surface area contributed by atoms with Crippen LogP contribution in [0.3, 0.4) is 0 Å². The number of nitrogens with one attached hydrogen (secondary N) is 1. The van der Waals surface area contributed by atoms with Crippen molar-refractivity contribution in [3.05, 3.63) is 59.7 Å². The molecule has 9 heteroatoms. The van der Waals surface area contributed by atoms with Crippen LogP contribution in [-0.4, -0.2) is 26.9 Å². The number of benzene rings is 2. The van der Waals surface area contributed by atoms with Gasteiger partial charge < -0.3 is 18.6 Å². The van der Waals surface area contributed by atoms with Crippen LogP contribution in [0.5, 0.6) is 5.75 Å². The molecular weight excluding hydrogens is 458 g/mol. The summed E-state index contributed by atoms with van der Waals surface area (Å²) in [6, 6.07) is 16.1. The molecule has 1 aliphatic rings. The Morgan fingerprint density at radius 3 is 2.64 bits per heavy atom. The fraction of sp³-hybridized carbons (Fsp3) is 0.333. The van der Waals surface area contributed by atoms with Crippen molar-refractivity contribution in [3.8, 4) is 23.1 Å². The third kappa shape index (κ3) is 4.62. The molecule has 1 aliphatic carbocycles. The van der Waals surface area contributed by atoms with Gasteiger partial charge in [0.15, 0.2) is 6.61 Å². The van der Waals surface area contributed by atoms with E-state index in [4.69, 9.17) is 14.0 Å². The van der Waals surface area contributed by atoms with Crippen LogP contribution in [-0.2, 0) is 11.3 Å². The van der Waals surface area contributed by atoms with Crippen molar-refractivity contribution < 1.29 is 18.8 Å². The monoisotopic (exact) mass is 485 g/mol. The van der Waals surface area contributed by atoms with E-state index >= 15 is 0 Å². The molecule has 2 aromatic heterocycles. The standard InChI is InChI=1S/C27H27N5O4/c1-16(2)35-27(33)30-19-9-7-18(8-10-19)26-23(14-28)22-13-21(34-15-25-29-17(3)36-31-25)11-12-24(22)32(26)20-5-4-6-20/h7-13,16,20H,4-6,15H2,1-3H3,(H,30,33). The number of fused-ring (bicyclic) bond motifs is 1.